The fourth-order valence-electron chi connectivity index (χ4n) is 2.72. The van der Waals surface area contributed by atoms with Crippen LogP contribution in [0, 0.1) is 5.82 Å². The van der Waals surface area contributed by atoms with Gasteiger partial charge in [0.1, 0.15) is 5.82 Å². The van der Waals surface area contributed by atoms with Gasteiger partial charge in [-0.05, 0) is 36.6 Å². The molecule has 0 fully saturated rings. The van der Waals surface area contributed by atoms with Gasteiger partial charge in [0, 0.05) is 23.1 Å². The van der Waals surface area contributed by atoms with E-state index in [4.69, 9.17) is 5.73 Å². The number of rotatable bonds is 5. The first-order chi connectivity index (χ1) is 11.2. The number of hydrogen-bond acceptors (Lipinski definition) is 2. The van der Waals surface area contributed by atoms with E-state index in [0.29, 0.717) is 5.52 Å². The number of fused-ring (bicyclic) bond motifs is 1. The smallest absolute Gasteiger partial charge is 0.125 e. The van der Waals surface area contributed by atoms with Crippen molar-refractivity contribution in [1.29, 1.82) is 0 Å². The van der Waals surface area contributed by atoms with Crippen LogP contribution >= 0.6 is 0 Å². The molecule has 0 saturated heterocycles. The van der Waals surface area contributed by atoms with Gasteiger partial charge in [0.2, 0.25) is 0 Å². The SMILES string of the molecule is C=CCCC(N)c1cc2ccc(F)cc2nc1-c1ccccc1. The third-order valence-electron chi connectivity index (χ3n) is 3.94. The summed E-state index contributed by atoms with van der Waals surface area (Å²) in [5.74, 6) is -0.285. The lowest BCUT2D eigenvalue weighted by molar-refractivity contribution is 0.629. The molecule has 0 aliphatic rings. The molecule has 0 spiro atoms. The normalized spacial score (nSPS) is 12.3. The summed E-state index contributed by atoms with van der Waals surface area (Å²) in [6, 6.07) is 16.4. The first-order valence-corrected chi connectivity index (χ1v) is 7.71. The van der Waals surface area contributed by atoms with Crippen molar-refractivity contribution in [3.8, 4) is 11.3 Å². The van der Waals surface area contributed by atoms with E-state index in [1.807, 2.05) is 42.5 Å². The summed E-state index contributed by atoms with van der Waals surface area (Å²) >= 11 is 0. The van der Waals surface area contributed by atoms with Crippen molar-refractivity contribution in [1.82, 2.24) is 4.98 Å². The molecule has 23 heavy (non-hydrogen) atoms. The Morgan fingerprint density at radius 3 is 2.65 bits per heavy atom. The average Bonchev–Trinajstić information content (AvgIpc) is 2.59. The van der Waals surface area contributed by atoms with Gasteiger partial charge in [0.15, 0.2) is 0 Å². The molecule has 0 amide bonds. The van der Waals surface area contributed by atoms with Gasteiger partial charge in [-0.1, -0.05) is 36.4 Å². The Morgan fingerprint density at radius 1 is 1.13 bits per heavy atom. The zero-order valence-corrected chi connectivity index (χ0v) is 12.9. The van der Waals surface area contributed by atoms with Gasteiger partial charge in [-0.25, -0.2) is 9.37 Å². The summed E-state index contributed by atoms with van der Waals surface area (Å²) in [5.41, 5.74) is 9.81. The minimum Gasteiger partial charge on any atom is -0.324 e. The number of aromatic nitrogens is 1. The molecule has 116 valence electrons. The lowest BCUT2D eigenvalue weighted by Gasteiger charge is -2.17. The fourth-order valence-corrected chi connectivity index (χ4v) is 2.72. The van der Waals surface area contributed by atoms with Crippen molar-refractivity contribution < 1.29 is 4.39 Å². The lowest BCUT2D eigenvalue weighted by atomic mass is 9.95. The van der Waals surface area contributed by atoms with E-state index in [0.717, 1.165) is 35.0 Å². The molecule has 0 aliphatic heterocycles. The lowest BCUT2D eigenvalue weighted by Crippen LogP contribution is -2.12. The molecule has 2 nitrogen and oxygen atoms in total. The van der Waals surface area contributed by atoms with Gasteiger partial charge in [-0.2, -0.15) is 0 Å². The van der Waals surface area contributed by atoms with Crippen LogP contribution in [0.15, 0.2) is 67.3 Å². The second kappa shape index (κ2) is 6.71. The van der Waals surface area contributed by atoms with E-state index < -0.39 is 0 Å². The Labute approximate surface area is 135 Å². The van der Waals surface area contributed by atoms with Gasteiger partial charge in [-0.3, -0.25) is 0 Å². The maximum atomic E-state index is 13.5. The van der Waals surface area contributed by atoms with E-state index in [1.54, 1.807) is 6.07 Å². The number of hydrogen-bond donors (Lipinski definition) is 1. The first kappa shape index (κ1) is 15.4. The minimum absolute atomic E-state index is 0.134. The fraction of sp³-hybridized carbons (Fsp3) is 0.150. The Hall–Kier alpha value is -2.52. The van der Waals surface area contributed by atoms with Crippen LogP contribution in [0.25, 0.3) is 22.2 Å². The predicted molar refractivity (Wildman–Crippen MR) is 93.5 cm³/mol. The highest BCUT2D eigenvalue weighted by molar-refractivity contribution is 5.83. The third-order valence-corrected chi connectivity index (χ3v) is 3.94. The Kier molecular flexibility index (Phi) is 4.49. The molecule has 0 bridgehead atoms. The van der Waals surface area contributed by atoms with Crippen LogP contribution in [0.2, 0.25) is 0 Å². The zero-order chi connectivity index (χ0) is 16.2. The number of allylic oxidation sites excluding steroid dienone is 1. The molecule has 1 heterocycles. The first-order valence-electron chi connectivity index (χ1n) is 7.71. The van der Waals surface area contributed by atoms with E-state index in [1.165, 1.54) is 12.1 Å². The van der Waals surface area contributed by atoms with Crippen molar-refractivity contribution in [3.63, 3.8) is 0 Å². The van der Waals surface area contributed by atoms with Crippen LogP contribution in [0.1, 0.15) is 24.4 Å². The van der Waals surface area contributed by atoms with Crippen molar-refractivity contribution in [2.24, 2.45) is 5.73 Å². The van der Waals surface area contributed by atoms with Gasteiger partial charge in [0.05, 0.1) is 11.2 Å². The monoisotopic (exact) mass is 306 g/mol. The molecule has 1 unspecified atom stereocenters. The van der Waals surface area contributed by atoms with Crippen LogP contribution in [0.3, 0.4) is 0 Å². The number of nitrogens with two attached hydrogens (primary N) is 1. The van der Waals surface area contributed by atoms with E-state index in [2.05, 4.69) is 11.6 Å². The summed E-state index contributed by atoms with van der Waals surface area (Å²) in [5, 5.41) is 0.898. The maximum Gasteiger partial charge on any atom is 0.125 e. The molecule has 2 aromatic carbocycles. The van der Waals surface area contributed by atoms with Crippen molar-refractivity contribution in [2.75, 3.05) is 0 Å². The van der Waals surface area contributed by atoms with Crippen molar-refractivity contribution in [2.45, 2.75) is 18.9 Å². The average molecular weight is 306 g/mol. The summed E-state index contributed by atoms with van der Waals surface area (Å²) in [4.78, 5) is 4.69. The van der Waals surface area contributed by atoms with Crippen LogP contribution in [0.5, 0.6) is 0 Å². The number of pyridine rings is 1. The molecular weight excluding hydrogens is 287 g/mol. The van der Waals surface area contributed by atoms with E-state index >= 15 is 0 Å². The summed E-state index contributed by atoms with van der Waals surface area (Å²) in [7, 11) is 0. The van der Waals surface area contributed by atoms with Crippen LogP contribution in [-0.2, 0) is 0 Å². The summed E-state index contributed by atoms with van der Waals surface area (Å²) in [6.45, 7) is 3.75. The van der Waals surface area contributed by atoms with Gasteiger partial charge >= 0.3 is 0 Å². The molecule has 2 N–H and O–H groups in total. The molecule has 1 aromatic heterocycles. The minimum atomic E-state index is -0.285. The predicted octanol–water partition coefficient (Wildman–Crippen LogP) is 5.01. The highest BCUT2D eigenvalue weighted by Gasteiger charge is 2.15. The molecule has 3 rings (SSSR count). The Bertz CT molecular complexity index is 828. The van der Waals surface area contributed by atoms with Crippen molar-refractivity contribution in [3.05, 3.63) is 78.6 Å². The summed E-state index contributed by atoms with van der Waals surface area (Å²) in [6.07, 6.45) is 3.51. The Morgan fingerprint density at radius 2 is 1.91 bits per heavy atom. The third kappa shape index (κ3) is 3.30. The topological polar surface area (TPSA) is 38.9 Å². The van der Waals surface area contributed by atoms with Crippen molar-refractivity contribution >= 4 is 10.9 Å². The van der Waals surface area contributed by atoms with Crippen LogP contribution < -0.4 is 5.73 Å². The number of benzene rings is 2. The second-order valence-corrected chi connectivity index (χ2v) is 5.60. The molecule has 0 saturated carbocycles. The molecule has 0 radical (unpaired) electrons. The highest BCUT2D eigenvalue weighted by atomic mass is 19.1. The van der Waals surface area contributed by atoms with Gasteiger partial charge < -0.3 is 5.73 Å². The van der Waals surface area contributed by atoms with Crippen LogP contribution in [-0.4, -0.2) is 4.98 Å². The number of halogens is 1. The van der Waals surface area contributed by atoms with E-state index in [-0.39, 0.29) is 11.9 Å². The van der Waals surface area contributed by atoms with Gasteiger partial charge in [0.25, 0.3) is 0 Å². The largest absolute Gasteiger partial charge is 0.324 e. The quantitative estimate of drug-likeness (QED) is 0.673. The van der Waals surface area contributed by atoms with Gasteiger partial charge in [-0.15, -0.1) is 6.58 Å². The number of nitrogens with zero attached hydrogens (tertiary/aromatic N) is 1. The Balaban J connectivity index is 2.18. The maximum absolute atomic E-state index is 13.5. The molecule has 3 heteroatoms. The molecule has 3 aromatic rings. The molecule has 1 atom stereocenters. The second-order valence-electron chi connectivity index (χ2n) is 5.60. The van der Waals surface area contributed by atoms with E-state index in [9.17, 15) is 4.39 Å². The van der Waals surface area contributed by atoms with Crippen LogP contribution in [0.4, 0.5) is 4.39 Å². The summed E-state index contributed by atoms with van der Waals surface area (Å²) < 4.78 is 13.5. The zero-order valence-electron chi connectivity index (χ0n) is 12.9. The highest BCUT2D eigenvalue weighted by Crippen LogP contribution is 2.31. The molecular formula is C20H19FN2. The molecule has 0 aliphatic carbocycles. The standard InChI is InChI=1S/C20H19FN2/c1-2-3-9-18(22)17-12-15-10-11-16(21)13-19(15)23-20(17)14-7-5-4-6-8-14/h2,4-8,10-13,18H,1,3,9,22H2.